The third-order valence-corrected chi connectivity index (χ3v) is 11.2. The summed E-state index contributed by atoms with van der Waals surface area (Å²) in [5, 5.41) is 11.9. The van der Waals surface area contributed by atoms with Crippen LogP contribution in [0.2, 0.25) is 0 Å². The van der Waals surface area contributed by atoms with E-state index in [0.717, 1.165) is 37.5 Å². The van der Waals surface area contributed by atoms with Crippen molar-refractivity contribution in [3.63, 3.8) is 0 Å². The maximum absolute atomic E-state index is 11.9. The molecule has 31 heavy (non-hydrogen) atoms. The number of hydrogen-bond acceptors (Lipinski definition) is 3. The molecule has 0 bridgehead atoms. The maximum atomic E-state index is 11.9. The number of aliphatic hydroxyl groups excluding tert-OH is 1. The van der Waals surface area contributed by atoms with E-state index in [9.17, 15) is 9.90 Å². The number of carbonyl (C=O) groups is 1. The zero-order valence-electron chi connectivity index (χ0n) is 21.0. The summed E-state index contributed by atoms with van der Waals surface area (Å²) in [5.41, 5.74) is 0.697. The molecule has 3 heteroatoms. The minimum Gasteiger partial charge on any atom is -0.463 e. The molecule has 4 fully saturated rings. The first-order valence-corrected chi connectivity index (χ1v) is 13.5. The van der Waals surface area contributed by atoms with Gasteiger partial charge in [-0.15, -0.1) is 0 Å². The minimum absolute atomic E-state index is 0.0491. The van der Waals surface area contributed by atoms with Gasteiger partial charge in [0.2, 0.25) is 0 Å². The molecule has 0 unspecified atom stereocenters. The monoisotopic (exact) mass is 432 g/mol. The summed E-state index contributed by atoms with van der Waals surface area (Å²) in [5.74, 6) is 4.09. The topological polar surface area (TPSA) is 46.5 Å². The van der Waals surface area contributed by atoms with Crippen molar-refractivity contribution in [3.8, 4) is 0 Å². The van der Waals surface area contributed by atoms with Crippen LogP contribution in [0.15, 0.2) is 0 Å². The van der Waals surface area contributed by atoms with E-state index in [2.05, 4.69) is 34.6 Å². The van der Waals surface area contributed by atoms with Crippen LogP contribution in [0, 0.1) is 52.3 Å². The molecule has 0 aliphatic heterocycles. The van der Waals surface area contributed by atoms with Crippen LogP contribution < -0.4 is 0 Å². The van der Waals surface area contributed by atoms with E-state index < -0.39 is 0 Å². The van der Waals surface area contributed by atoms with Gasteiger partial charge >= 0.3 is 5.97 Å². The number of rotatable bonds is 5. The Morgan fingerprint density at radius 3 is 2.35 bits per heavy atom. The van der Waals surface area contributed by atoms with Crippen LogP contribution in [0.4, 0.5) is 0 Å². The molecule has 4 saturated carbocycles. The predicted octanol–water partition coefficient (Wildman–Crippen LogP) is 6.62. The quantitative estimate of drug-likeness (QED) is 0.497. The van der Waals surface area contributed by atoms with Crippen LogP contribution >= 0.6 is 0 Å². The highest BCUT2D eigenvalue weighted by molar-refractivity contribution is 5.66. The Morgan fingerprint density at radius 2 is 1.71 bits per heavy atom. The van der Waals surface area contributed by atoms with E-state index in [1.54, 1.807) is 0 Å². The number of carbonyl (C=O) groups excluding carboxylic acids is 1. The van der Waals surface area contributed by atoms with Crippen LogP contribution in [0.5, 0.6) is 0 Å². The van der Waals surface area contributed by atoms with Gasteiger partial charge in [0.05, 0.1) is 6.10 Å². The first-order chi connectivity index (χ1) is 14.7. The Kier molecular flexibility index (Phi) is 6.58. The molecule has 0 amide bonds. The van der Waals surface area contributed by atoms with Crippen molar-refractivity contribution in [1.82, 2.24) is 0 Å². The van der Waals surface area contributed by atoms with E-state index in [-0.39, 0.29) is 23.6 Å². The van der Waals surface area contributed by atoms with Gasteiger partial charge in [-0.3, -0.25) is 4.79 Å². The number of aliphatic hydroxyl groups is 1. The highest BCUT2D eigenvalue weighted by atomic mass is 16.5. The number of esters is 1. The van der Waals surface area contributed by atoms with Crippen LogP contribution in [-0.2, 0) is 9.53 Å². The van der Waals surface area contributed by atoms with Crippen molar-refractivity contribution in [2.75, 3.05) is 0 Å². The molecule has 4 rings (SSSR count). The molecule has 0 radical (unpaired) electrons. The van der Waals surface area contributed by atoms with Gasteiger partial charge in [0.25, 0.3) is 0 Å². The van der Waals surface area contributed by atoms with Crippen molar-refractivity contribution in [1.29, 1.82) is 0 Å². The fourth-order valence-electron chi connectivity index (χ4n) is 9.92. The van der Waals surface area contributed by atoms with Crippen LogP contribution in [0.25, 0.3) is 0 Å². The molecular formula is C28H48O3. The van der Waals surface area contributed by atoms with Crippen molar-refractivity contribution < 1.29 is 14.6 Å². The van der Waals surface area contributed by atoms with E-state index in [4.69, 9.17) is 4.74 Å². The first kappa shape index (κ1) is 23.6. The van der Waals surface area contributed by atoms with Gasteiger partial charge in [0, 0.05) is 6.92 Å². The third kappa shape index (κ3) is 3.69. The van der Waals surface area contributed by atoms with Gasteiger partial charge < -0.3 is 9.84 Å². The highest BCUT2D eigenvalue weighted by Crippen LogP contribution is 2.69. The molecule has 0 aromatic carbocycles. The minimum atomic E-state index is -0.186. The van der Waals surface area contributed by atoms with Gasteiger partial charge in [-0.2, -0.15) is 0 Å². The van der Waals surface area contributed by atoms with Crippen LogP contribution in [-0.4, -0.2) is 23.3 Å². The van der Waals surface area contributed by atoms with Gasteiger partial charge in [0.1, 0.15) is 6.10 Å². The fraction of sp³-hybridized carbons (Fsp3) is 0.964. The Labute approximate surface area is 191 Å². The Bertz CT molecular complexity index is 661. The van der Waals surface area contributed by atoms with E-state index >= 15 is 0 Å². The van der Waals surface area contributed by atoms with Gasteiger partial charge in [-0.05, 0) is 97.2 Å². The number of fused-ring (bicyclic) bond motifs is 5. The largest absolute Gasteiger partial charge is 0.463 e. The first-order valence-electron chi connectivity index (χ1n) is 13.5. The second-order valence-electron chi connectivity index (χ2n) is 12.5. The van der Waals surface area contributed by atoms with E-state index in [1.165, 1.54) is 45.4 Å². The molecule has 4 aliphatic carbocycles. The average molecular weight is 433 g/mol. The lowest BCUT2D eigenvalue weighted by molar-refractivity contribution is -0.207. The molecule has 0 spiro atoms. The van der Waals surface area contributed by atoms with Crippen molar-refractivity contribution in [2.24, 2.45) is 52.3 Å². The average Bonchev–Trinajstić information content (AvgIpc) is 3.06. The van der Waals surface area contributed by atoms with Crippen molar-refractivity contribution in [3.05, 3.63) is 0 Å². The highest BCUT2D eigenvalue weighted by Gasteiger charge is 2.65. The van der Waals surface area contributed by atoms with Gasteiger partial charge in [-0.25, -0.2) is 0 Å². The number of hydrogen-bond donors (Lipinski definition) is 1. The maximum Gasteiger partial charge on any atom is 0.302 e. The van der Waals surface area contributed by atoms with Gasteiger partial charge in [0.15, 0.2) is 0 Å². The Hall–Kier alpha value is -0.570. The normalized spacial score (nSPS) is 50.2. The molecule has 1 N–H and O–H groups in total. The fourth-order valence-corrected chi connectivity index (χ4v) is 9.92. The lowest BCUT2D eigenvalue weighted by Gasteiger charge is -2.64. The number of ether oxygens (including phenoxy) is 1. The van der Waals surface area contributed by atoms with Crippen LogP contribution in [0.1, 0.15) is 106 Å². The molecule has 0 saturated heterocycles. The SMILES string of the molecule is CCC[C@@H](C)[C@H]1CC[C@H]2[C@@H]3[C@H](O)[C@H](CC)[C@@H]4C[C@H](OC(C)=O)CC[C@]4(C)[C@H]3CC[C@]12C. The standard InChI is InChI=1S/C28H48O3/c1-7-9-17(3)21-10-11-22-25-23(13-15-27(21,22)5)28(6)14-12-19(31-18(4)29)16-24(28)20(8-2)26(25)30/h17,19-26,30H,7-16H2,1-6H3/t17-,19-,20-,21-,22+,23+,24+,25+,26-,27-,28-/m1/s1. The second-order valence-corrected chi connectivity index (χ2v) is 12.5. The molecule has 0 heterocycles. The summed E-state index contributed by atoms with van der Waals surface area (Å²) in [6.07, 6.45) is 11.9. The Balaban J connectivity index is 1.62. The van der Waals surface area contributed by atoms with E-state index in [0.29, 0.717) is 35.0 Å². The molecule has 3 nitrogen and oxygen atoms in total. The summed E-state index contributed by atoms with van der Waals surface area (Å²) in [6, 6.07) is 0. The van der Waals surface area contributed by atoms with Crippen molar-refractivity contribution in [2.45, 2.75) is 118 Å². The molecule has 11 atom stereocenters. The summed E-state index contributed by atoms with van der Waals surface area (Å²) in [4.78, 5) is 11.6. The summed E-state index contributed by atoms with van der Waals surface area (Å²) in [6.45, 7) is 13.8. The molecule has 0 aromatic rings. The van der Waals surface area contributed by atoms with Crippen molar-refractivity contribution >= 4 is 5.97 Å². The summed E-state index contributed by atoms with van der Waals surface area (Å²) in [7, 11) is 0. The van der Waals surface area contributed by atoms with Gasteiger partial charge in [-0.1, -0.05) is 53.9 Å². The summed E-state index contributed by atoms with van der Waals surface area (Å²) >= 11 is 0. The lowest BCUT2D eigenvalue weighted by Crippen LogP contribution is -2.62. The summed E-state index contributed by atoms with van der Waals surface area (Å²) < 4.78 is 5.68. The Morgan fingerprint density at radius 1 is 1.03 bits per heavy atom. The molecular weight excluding hydrogens is 384 g/mol. The molecule has 4 aliphatic rings. The zero-order chi connectivity index (χ0) is 22.6. The lowest BCUT2D eigenvalue weighted by atomic mass is 9.41. The second kappa shape index (κ2) is 8.65. The smallest absolute Gasteiger partial charge is 0.302 e. The zero-order valence-corrected chi connectivity index (χ0v) is 21.0. The molecule has 0 aromatic heterocycles. The third-order valence-electron chi connectivity index (χ3n) is 11.2. The van der Waals surface area contributed by atoms with E-state index in [1.807, 2.05) is 0 Å². The van der Waals surface area contributed by atoms with Crippen LogP contribution in [0.3, 0.4) is 0 Å². The molecule has 178 valence electrons. The predicted molar refractivity (Wildman–Crippen MR) is 125 cm³/mol.